The molecule has 0 radical (unpaired) electrons. The molecule has 11 heteroatoms. The van der Waals surface area contributed by atoms with Crippen molar-refractivity contribution < 1.29 is 43.3 Å². The molecule has 1 saturated heterocycles. The Morgan fingerprint density at radius 1 is 0.733 bits per heavy atom. The molecule has 45 heavy (non-hydrogen) atoms. The van der Waals surface area contributed by atoms with Gasteiger partial charge in [-0.2, -0.15) is 0 Å². The van der Waals surface area contributed by atoms with Crippen LogP contribution in [0.5, 0.6) is 0 Å². The molecular formula is C34H36N2O9. The highest BCUT2D eigenvalue weighted by Gasteiger charge is 2.49. The number of esters is 3. The lowest BCUT2D eigenvalue weighted by Gasteiger charge is -2.47. The minimum atomic E-state index is -1.20. The molecule has 0 aromatic heterocycles. The van der Waals surface area contributed by atoms with Gasteiger partial charge in [0, 0.05) is 19.9 Å². The average Bonchev–Trinajstić information content (AvgIpc) is 3.04. The normalized spacial score (nSPS) is 19.6. The first kappa shape index (κ1) is 32.9. The molecule has 0 spiro atoms. The van der Waals surface area contributed by atoms with E-state index in [2.05, 4.69) is 5.32 Å². The topological polar surface area (TPSA) is 149 Å². The number of aliphatic carboxylic acids is 1. The molecule has 2 unspecified atom stereocenters. The van der Waals surface area contributed by atoms with Crippen LogP contribution in [0.3, 0.4) is 0 Å². The summed E-state index contributed by atoms with van der Waals surface area (Å²) in [4.78, 5) is 65.1. The zero-order valence-corrected chi connectivity index (χ0v) is 24.9. The van der Waals surface area contributed by atoms with Crippen LogP contribution in [0, 0.1) is 0 Å². The van der Waals surface area contributed by atoms with Gasteiger partial charge in [0.1, 0.15) is 6.61 Å². The van der Waals surface area contributed by atoms with E-state index in [-0.39, 0.29) is 30.7 Å². The summed E-state index contributed by atoms with van der Waals surface area (Å²) in [5, 5.41) is 12.0. The van der Waals surface area contributed by atoms with Gasteiger partial charge >= 0.3 is 23.9 Å². The van der Waals surface area contributed by atoms with Crippen LogP contribution >= 0.6 is 0 Å². The predicted octanol–water partition coefficient (Wildman–Crippen LogP) is 3.74. The lowest BCUT2D eigenvalue weighted by atomic mass is 9.91. The number of carbonyl (C=O) groups is 5. The summed E-state index contributed by atoms with van der Waals surface area (Å²) in [6.45, 7) is 1.56. The molecule has 0 aliphatic carbocycles. The van der Waals surface area contributed by atoms with Gasteiger partial charge in [0.05, 0.1) is 28.8 Å². The zero-order chi connectivity index (χ0) is 32.2. The smallest absolute Gasteiger partial charge is 0.338 e. The number of nitrogens with one attached hydrogen (secondary N) is 1. The van der Waals surface area contributed by atoms with Crippen LogP contribution in [0.25, 0.3) is 0 Å². The van der Waals surface area contributed by atoms with E-state index in [1.165, 1.54) is 6.92 Å². The largest absolute Gasteiger partial charge is 0.481 e. The average molecular weight is 617 g/mol. The van der Waals surface area contributed by atoms with Crippen molar-refractivity contribution in [2.24, 2.45) is 0 Å². The van der Waals surface area contributed by atoms with E-state index in [9.17, 15) is 24.0 Å². The van der Waals surface area contributed by atoms with Crippen molar-refractivity contribution in [2.45, 2.75) is 50.5 Å². The molecule has 236 valence electrons. The first-order chi connectivity index (χ1) is 21.7. The van der Waals surface area contributed by atoms with Crippen LogP contribution in [0.2, 0.25) is 0 Å². The summed E-state index contributed by atoms with van der Waals surface area (Å²) in [5.74, 6) is -3.31. The maximum Gasteiger partial charge on any atom is 0.338 e. The molecule has 1 heterocycles. The van der Waals surface area contributed by atoms with Crippen LogP contribution in [-0.2, 0) is 23.8 Å². The fraction of sp³-hybridized carbons (Fsp3) is 0.324. The number of carboxylic acids is 1. The quantitative estimate of drug-likeness (QED) is 0.165. The Hall–Kier alpha value is -5.03. The molecular weight excluding hydrogens is 580 g/mol. The van der Waals surface area contributed by atoms with Crippen molar-refractivity contribution in [2.75, 3.05) is 19.7 Å². The van der Waals surface area contributed by atoms with E-state index in [1.54, 1.807) is 91.0 Å². The number of piperidine rings is 1. The highest BCUT2D eigenvalue weighted by molar-refractivity contribution is 5.91. The molecule has 1 fully saturated rings. The Morgan fingerprint density at radius 3 is 1.71 bits per heavy atom. The SMILES string of the molecule is CC(=O)NC1CN(CCCCC(=O)O)C(COC(=O)c2ccccc2)[C@H](OC(=O)c2ccccc2)[C@@H]1OC(=O)c1ccccc1. The Labute approximate surface area is 261 Å². The van der Waals surface area contributed by atoms with Crippen molar-refractivity contribution in [3.63, 3.8) is 0 Å². The second-order valence-electron chi connectivity index (χ2n) is 10.7. The van der Waals surface area contributed by atoms with E-state index in [0.717, 1.165) is 0 Å². The van der Waals surface area contributed by atoms with Gasteiger partial charge in [-0.25, -0.2) is 14.4 Å². The summed E-state index contributed by atoms with van der Waals surface area (Å²) in [6.07, 6.45) is -1.58. The van der Waals surface area contributed by atoms with Gasteiger partial charge in [-0.1, -0.05) is 54.6 Å². The van der Waals surface area contributed by atoms with Gasteiger partial charge in [-0.3, -0.25) is 14.5 Å². The number of unbranched alkanes of at least 4 members (excludes halogenated alkanes) is 1. The lowest BCUT2D eigenvalue weighted by molar-refractivity contribution is -0.137. The van der Waals surface area contributed by atoms with E-state index >= 15 is 0 Å². The first-order valence-electron chi connectivity index (χ1n) is 14.7. The molecule has 0 saturated carbocycles. The molecule has 1 aliphatic heterocycles. The summed E-state index contributed by atoms with van der Waals surface area (Å²) in [6, 6.07) is 23.3. The summed E-state index contributed by atoms with van der Waals surface area (Å²) < 4.78 is 17.8. The van der Waals surface area contributed by atoms with E-state index in [4.69, 9.17) is 19.3 Å². The van der Waals surface area contributed by atoms with Crippen LogP contribution in [0.1, 0.15) is 57.3 Å². The van der Waals surface area contributed by atoms with Crippen LogP contribution in [0.4, 0.5) is 0 Å². The molecule has 1 amide bonds. The summed E-state index contributed by atoms with van der Waals surface area (Å²) >= 11 is 0. The standard InChI is InChI=1S/C34H36N2O9/c1-23(37)35-27-21-36(20-12-11-19-29(38)39)28(22-43-32(40)24-13-5-2-6-14-24)31(45-34(42)26-17-9-4-10-18-26)30(27)44-33(41)25-15-7-3-8-16-25/h2-10,13-18,27-28,30-31H,11-12,19-22H2,1H3,(H,35,37)(H,38,39)/t27?,28?,30-,31+/m1/s1. The Kier molecular flexibility index (Phi) is 11.8. The molecule has 1 aliphatic rings. The third-order valence-electron chi connectivity index (χ3n) is 7.37. The van der Waals surface area contributed by atoms with Crippen LogP contribution < -0.4 is 5.32 Å². The zero-order valence-electron chi connectivity index (χ0n) is 24.9. The highest BCUT2D eigenvalue weighted by atomic mass is 16.6. The Morgan fingerprint density at radius 2 is 1.22 bits per heavy atom. The van der Waals surface area contributed by atoms with Gasteiger partial charge in [0.25, 0.3) is 0 Å². The van der Waals surface area contributed by atoms with Crippen molar-refractivity contribution in [1.29, 1.82) is 0 Å². The van der Waals surface area contributed by atoms with E-state index < -0.39 is 54.1 Å². The number of ether oxygens (including phenoxy) is 3. The van der Waals surface area contributed by atoms with Crippen molar-refractivity contribution in [1.82, 2.24) is 10.2 Å². The number of rotatable bonds is 13. The second kappa shape index (κ2) is 16.2. The van der Waals surface area contributed by atoms with E-state index in [1.807, 2.05) is 4.90 Å². The molecule has 3 aromatic carbocycles. The van der Waals surface area contributed by atoms with Crippen LogP contribution in [0.15, 0.2) is 91.0 Å². The fourth-order valence-corrected chi connectivity index (χ4v) is 5.23. The monoisotopic (exact) mass is 616 g/mol. The number of nitrogens with zero attached hydrogens (tertiary/aromatic N) is 1. The number of hydrogen-bond acceptors (Lipinski definition) is 9. The molecule has 4 rings (SSSR count). The van der Waals surface area contributed by atoms with Gasteiger partial charge in [0.2, 0.25) is 5.91 Å². The Balaban J connectivity index is 1.70. The number of benzene rings is 3. The number of hydrogen-bond donors (Lipinski definition) is 2. The Bertz CT molecular complexity index is 1450. The third-order valence-corrected chi connectivity index (χ3v) is 7.37. The van der Waals surface area contributed by atoms with Gasteiger partial charge < -0.3 is 24.6 Å². The molecule has 2 N–H and O–H groups in total. The van der Waals surface area contributed by atoms with Gasteiger partial charge in [0.15, 0.2) is 12.2 Å². The highest BCUT2D eigenvalue weighted by Crippen LogP contribution is 2.28. The number of likely N-dealkylation sites (tertiary alicyclic amines) is 1. The van der Waals surface area contributed by atoms with Crippen LogP contribution in [-0.4, -0.2) is 83.8 Å². The van der Waals surface area contributed by atoms with Crippen molar-refractivity contribution in [3.8, 4) is 0 Å². The van der Waals surface area contributed by atoms with Crippen molar-refractivity contribution in [3.05, 3.63) is 108 Å². The minimum absolute atomic E-state index is 0.0413. The molecule has 0 bridgehead atoms. The molecule has 4 atom stereocenters. The molecule has 11 nitrogen and oxygen atoms in total. The lowest BCUT2D eigenvalue weighted by Crippen LogP contribution is -2.68. The van der Waals surface area contributed by atoms with Gasteiger partial charge in [-0.15, -0.1) is 0 Å². The van der Waals surface area contributed by atoms with E-state index in [0.29, 0.717) is 24.9 Å². The summed E-state index contributed by atoms with van der Waals surface area (Å²) in [7, 11) is 0. The van der Waals surface area contributed by atoms with Gasteiger partial charge in [-0.05, 0) is 55.8 Å². The number of amides is 1. The number of carbonyl (C=O) groups excluding carboxylic acids is 4. The van der Waals surface area contributed by atoms with Crippen molar-refractivity contribution >= 4 is 29.8 Å². The first-order valence-corrected chi connectivity index (χ1v) is 14.7. The predicted molar refractivity (Wildman–Crippen MR) is 162 cm³/mol. The fourth-order valence-electron chi connectivity index (χ4n) is 5.23. The maximum atomic E-state index is 13.4. The third kappa shape index (κ3) is 9.48. The maximum absolute atomic E-state index is 13.4. The number of carboxylic acid groups (broad SMARTS) is 1. The second-order valence-corrected chi connectivity index (χ2v) is 10.7. The minimum Gasteiger partial charge on any atom is -0.481 e. The summed E-state index contributed by atoms with van der Waals surface area (Å²) in [5.41, 5.74) is 0.831. The molecule has 3 aromatic rings.